The third kappa shape index (κ3) is 4.70. The molecule has 0 aromatic heterocycles. The van der Waals surface area contributed by atoms with Crippen LogP contribution in [0.5, 0.6) is 0 Å². The van der Waals surface area contributed by atoms with E-state index in [4.69, 9.17) is 9.47 Å². The Hall–Kier alpha value is -1.10. The van der Waals surface area contributed by atoms with Crippen molar-refractivity contribution in [3.05, 3.63) is 0 Å². The van der Waals surface area contributed by atoms with Gasteiger partial charge in [-0.25, -0.2) is 9.69 Å². The van der Waals surface area contributed by atoms with Crippen molar-refractivity contribution in [1.82, 2.24) is 4.90 Å². The highest BCUT2D eigenvalue weighted by Crippen LogP contribution is 2.28. The van der Waals surface area contributed by atoms with E-state index in [0.717, 1.165) is 0 Å². The molecule has 1 saturated heterocycles. The Labute approximate surface area is 128 Å². The standard InChI is InChI=1S/C16H29NO4/c1-10(2)11(3)12(4)13-14(18)17(8-9-20-13)15(19)21-16(5,6)7/h10-13H,8-9H2,1-7H3/t11?,12-,13-/m0/s1. The number of carbonyl (C=O) groups is 2. The maximum atomic E-state index is 12.5. The number of hydrogen-bond donors (Lipinski definition) is 0. The Morgan fingerprint density at radius 1 is 1.29 bits per heavy atom. The molecule has 21 heavy (non-hydrogen) atoms. The van der Waals surface area contributed by atoms with Crippen LogP contribution < -0.4 is 0 Å². The normalized spacial score (nSPS) is 23.1. The lowest BCUT2D eigenvalue weighted by atomic mass is 9.82. The van der Waals surface area contributed by atoms with Crippen molar-refractivity contribution in [2.45, 2.75) is 60.2 Å². The topological polar surface area (TPSA) is 55.8 Å². The number of carbonyl (C=O) groups excluding carboxylic acids is 2. The first kappa shape index (κ1) is 18.0. The molecule has 5 heteroatoms. The summed E-state index contributed by atoms with van der Waals surface area (Å²) in [7, 11) is 0. The van der Waals surface area contributed by atoms with Gasteiger partial charge in [0.2, 0.25) is 0 Å². The van der Waals surface area contributed by atoms with E-state index in [1.54, 1.807) is 20.8 Å². The molecule has 0 spiro atoms. The SMILES string of the molecule is CC(C)C(C)[C@H](C)[C@@H]1OCCN(C(=O)OC(C)(C)C)C1=O. The zero-order valence-corrected chi connectivity index (χ0v) is 14.3. The Morgan fingerprint density at radius 3 is 2.33 bits per heavy atom. The van der Waals surface area contributed by atoms with E-state index in [0.29, 0.717) is 18.4 Å². The predicted octanol–water partition coefficient (Wildman–Crippen LogP) is 3.08. The molecule has 0 radical (unpaired) electrons. The van der Waals surface area contributed by atoms with Gasteiger partial charge in [-0.05, 0) is 38.5 Å². The maximum absolute atomic E-state index is 12.5. The summed E-state index contributed by atoms with van der Waals surface area (Å²) in [6.45, 7) is 14.4. The fraction of sp³-hybridized carbons (Fsp3) is 0.875. The van der Waals surface area contributed by atoms with Crippen LogP contribution in [0, 0.1) is 17.8 Å². The highest BCUT2D eigenvalue weighted by Gasteiger charge is 2.40. The molecule has 0 N–H and O–H groups in total. The van der Waals surface area contributed by atoms with Gasteiger partial charge in [-0.3, -0.25) is 4.79 Å². The average molecular weight is 299 g/mol. The number of amides is 2. The van der Waals surface area contributed by atoms with Crippen molar-refractivity contribution in [1.29, 1.82) is 0 Å². The number of hydrogen-bond acceptors (Lipinski definition) is 4. The highest BCUT2D eigenvalue weighted by molar-refractivity contribution is 5.95. The van der Waals surface area contributed by atoms with Crippen LogP contribution in [0.25, 0.3) is 0 Å². The number of ether oxygens (including phenoxy) is 2. The van der Waals surface area contributed by atoms with Gasteiger partial charge in [0, 0.05) is 0 Å². The van der Waals surface area contributed by atoms with E-state index < -0.39 is 17.8 Å². The van der Waals surface area contributed by atoms with E-state index in [-0.39, 0.29) is 18.4 Å². The third-order valence-electron chi connectivity index (χ3n) is 4.09. The summed E-state index contributed by atoms with van der Waals surface area (Å²) in [6, 6.07) is 0. The summed E-state index contributed by atoms with van der Waals surface area (Å²) in [4.78, 5) is 25.8. The van der Waals surface area contributed by atoms with Crippen molar-refractivity contribution in [2.24, 2.45) is 17.8 Å². The summed E-state index contributed by atoms with van der Waals surface area (Å²) in [6.07, 6.45) is -1.14. The van der Waals surface area contributed by atoms with Crippen LogP contribution in [0.1, 0.15) is 48.5 Å². The Balaban J connectivity index is 2.79. The Kier molecular flexibility index (Phi) is 5.79. The van der Waals surface area contributed by atoms with Crippen LogP contribution in [0.2, 0.25) is 0 Å². The molecule has 0 aliphatic carbocycles. The minimum Gasteiger partial charge on any atom is -0.443 e. The van der Waals surface area contributed by atoms with Gasteiger partial charge in [0.1, 0.15) is 11.7 Å². The quantitative estimate of drug-likeness (QED) is 0.803. The molecule has 1 fully saturated rings. The number of rotatable bonds is 3. The molecule has 3 atom stereocenters. The van der Waals surface area contributed by atoms with E-state index in [2.05, 4.69) is 20.8 Å². The fourth-order valence-electron chi connectivity index (χ4n) is 2.36. The summed E-state index contributed by atoms with van der Waals surface area (Å²) in [5.41, 5.74) is -0.609. The fourth-order valence-corrected chi connectivity index (χ4v) is 2.36. The van der Waals surface area contributed by atoms with Gasteiger partial charge in [-0.1, -0.05) is 27.7 Å². The number of morpholine rings is 1. The number of imide groups is 1. The van der Waals surface area contributed by atoms with Crippen molar-refractivity contribution in [2.75, 3.05) is 13.2 Å². The number of nitrogens with zero attached hydrogens (tertiary/aromatic N) is 1. The average Bonchev–Trinajstić information content (AvgIpc) is 2.35. The van der Waals surface area contributed by atoms with Crippen LogP contribution in [-0.2, 0) is 14.3 Å². The van der Waals surface area contributed by atoms with Crippen molar-refractivity contribution in [3.63, 3.8) is 0 Å². The van der Waals surface area contributed by atoms with E-state index >= 15 is 0 Å². The van der Waals surface area contributed by atoms with Crippen LogP contribution >= 0.6 is 0 Å². The highest BCUT2D eigenvalue weighted by atomic mass is 16.6. The summed E-state index contributed by atoms with van der Waals surface area (Å²) < 4.78 is 10.9. The van der Waals surface area contributed by atoms with Gasteiger partial charge in [0.25, 0.3) is 5.91 Å². The van der Waals surface area contributed by atoms with Crippen LogP contribution in [0.4, 0.5) is 4.79 Å². The van der Waals surface area contributed by atoms with E-state index in [1.165, 1.54) is 4.90 Å². The maximum Gasteiger partial charge on any atom is 0.417 e. The summed E-state index contributed by atoms with van der Waals surface area (Å²) in [5, 5.41) is 0. The largest absolute Gasteiger partial charge is 0.443 e. The lowest BCUT2D eigenvalue weighted by Crippen LogP contribution is -2.54. The molecule has 0 saturated carbocycles. The first-order valence-electron chi connectivity index (χ1n) is 7.70. The molecule has 2 amide bonds. The van der Waals surface area contributed by atoms with Crippen molar-refractivity contribution < 1.29 is 19.1 Å². The molecular formula is C16H29NO4. The smallest absolute Gasteiger partial charge is 0.417 e. The van der Waals surface area contributed by atoms with Crippen molar-refractivity contribution in [3.8, 4) is 0 Å². The van der Waals surface area contributed by atoms with E-state index in [9.17, 15) is 9.59 Å². The van der Waals surface area contributed by atoms with Gasteiger partial charge in [0.15, 0.2) is 0 Å². The van der Waals surface area contributed by atoms with Crippen LogP contribution in [0.3, 0.4) is 0 Å². The second kappa shape index (κ2) is 6.77. The molecule has 0 aromatic rings. The van der Waals surface area contributed by atoms with Gasteiger partial charge < -0.3 is 9.47 Å². The Bertz CT molecular complexity index is 386. The lowest BCUT2D eigenvalue weighted by molar-refractivity contribution is -0.157. The molecular weight excluding hydrogens is 270 g/mol. The zero-order chi connectivity index (χ0) is 16.4. The molecule has 0 aromatic carbocycles. The minimum atomic E-state index is -0.609. The van der Waals surface area contributed by atoms with E-state index in [1.807, 2.05) is 6.92 Å². The zero-order valence-electron chi connectivity index (χ0n) is 14.3. The van der Waals surface area contributed by atoms with Gasteiger partial charge >= 0.3 is 6.09 Å². The molecule has 5 nitrogen and oxygen atoms in total. The van der Waals surface area contributed by atoms with Gasteiger partial charge in [-0.15, -0.1) is 0 Å². The monoisotopic (exact) mass is 299 g/mol. The molecule has 1 aliphatic heterocycles. The second-order valence-electron chi connectivity index (χ2n) is 7.22. The van der Waals surface area contributed by atoms with Crippen LogP contribution in [-0.4, -0.2) is 41.8 Å². The first-order valence-corrected chi connectivity index (χ1v) is 7.70. The summed E-state index contributed by atoms with van der Waals surface area (Å²) >= 11 is 0. The minimum absolute atomic E-state index is 0.0581. The second-order valence-corrected chi connectivity index (χ2v) is 7.22. The summed E-state index contributed by atoms with van der Waals surface area (Å²) in [5.74, 6) is 0.559. The third-order valence-corrected chi connectivity index (χ3v) is 4.09. The molecule has 1 unspecified atom stereocenters. The predicted molar refractivity (Wildman–Crippen MR) is 80.9 cm³/mol. The molecule has 1 aliphatic rings. The van der Waals surface area contributed by atoms with Crippen molar-refractivity contribution >= 4 is 12.0 Å². The molecule has 122 valence electrons. The Morgan fingerprint density at radius 2 is 1.86 bits per heavy atom. The first-order chi connectivity index (χ1) is 9.54. The lowest BCUT2D eigenvalue weighted by Gasteiger charge is -2.37. The van der Waals surface area contributed by atoms with Gasteiger partial charge in [0.05, 0.1) is 13.2 Å². The van der Waals surface area contributed by atoms with Crippen LogP contribution in [0.15, 0.2) is 0 Å². The molecule has 1 heterocycles. The molecule has 0 bridgehead atoms. The van der Waals surface area contributed by atoms with Gasteiger partial charge in [-0.2, -0.15) is 0 Å². The molecule has 1 rings (SSSR count).